The van der Waals surface area contributed by atoms with Crippen molar-refractivity contribution in [3.05, 3.63) is 88.5 Å². The van der Waals surface area contributed by atoms with E-state index in [0.717, 1.165) is 5.69 Å². The minimum absolute atomic E-state index is 0.330. The van der Waals surface area contributed by atoms with Gasteiger partial charge < -0.3 is 14.8 Å². The predicted octanol–water partition coefficient (Wildman–Crippen LogP) is 6.12. The molecule has 6 nitrogen and oxygen atoms in total. The summed E-state index contributed by atoms with van der Waals surface area (Å²) >= 11 is 12.3. The Morgan fingerprint density at radius 2 is 1.75 bits per heavy atom. The fourth-order valence-electron chi connectivity index (χ4n) is 3.23. The van der Waals surface area contributed by atoms with Crippen LogP contribution in [0, 0.1) is 0 Å². The van der Waals surface area contributed by atoms with Gasteiger partial charge in [0.15, 0.2) is 0 Å². The summed E-state index contributed by atoms with van der Waals surface area (Å²) < 4.78 is 12.5. The number of nitrogens with zero attached hydrogens (tertiary/aromatic N) is 2. The smallest absolute Gasteiger partial charge is 0.259 e. The molecule has 1 amide bonds. The van der Waals surface area contributed by atoms with Gasteiger partial charge in [-0.1, -0.05) is 41.4 Å². The molecule has 8 heteroatoms. The molecule has 0 fully saturated rings. The molecule has 3 aromatic carbocycles. The highest BCUT2D eigenvalue weighted by atomic mass is 35.5. The molecule has 0 unspecified atom stereocenters. The van der Waals surface area contributed by atoms with E-state index >= 15 is 0 Å². The highest BCUT2D eigenvalue weighted by molar-refractivity contribution is 6.36. The first-order valence-corrected chi connectivity index (χ1v) is 10.4. The van der Waals surface area contributed by atoms with E-state index in [9.17, 15) is 4.79 Å². The third kappa shape index (κ3) is 4.42. The average Bonchev–Trinajstić information content (AvgIpc) is 3.27. The number of ether oxygens (including phenoxy) is 2. The molecular formula is C24H19Cl2N3O3. The molecule has 0 atom stereocenters. The van der Waals surface area contributed by atoms with E-state index in [2.05, 4.69) is 5.32 Å². The van der Waals surface area contributed by atoms with Crippen LogP contribution in [0.5, 0.6) is 11.5 Å². The van der Waals surface area contributed by atoms with Crippen molar-refractivity contribution in [2.45, 2.75) is 0 Å². The van der Waals surface area contributed by atoms with E-state index in [-0.39, 0.29) is 0 Å². The number of anilines is 1. The van der Waals surface area contributed by atoms with E-state index in [1.165, 1.54) is 0 Å². The van der Waals surface area contributed by atoms with Gasteiger partial charge in [0.1, 0.15) is 17.2 Å². The third-order valence-electron chi connectivity index (χ3n) is 4.82. The van der Waals surface area contributed by atoms with Crippen molar-refractivity contribution >= 4 is 34.8 Å². The van der Waals surface area contributed by atoms with Gasteiger partial charge in [-0.2, -0.15) is 5.10 Å². The number of hydrogen-bond acceptors (Lipinski definition) is 4. The fourth-order valence-corrected chi connectivity index (χ4v) is 3.57. The van der Waals surface area contributed by atoms with Crippen LogP contribution in [0.15, 0.2) is 72.9 Å². The Labute approximate surface area is 195 Å². The summed E-state index contributed by atoms with van der Waals surface area (Å²) in [6.07, 6.45) is 1.66. The Kier molecular flexibility index (Phi) is 6.35. The molecule has 162 valence electrons. The van der Waals surface area contributed by atoms with E-state index in [1.807, 2.05) is 30.3 Å². The Bertz CT molecular complexity index is 1270. The molecule has 1 aromatic heterocycles. The maximum atomic E-state index is 13.3. The summed E-state index contributed by atoms with van der Waals surface area (Å²) in [6.45, 7) is 0. The van der Waals surface area contributed by atoms with Gasteiger partial charge in [-0.3, -0.25) is 4.79 Å². The summed E-state index contributed by atoms with van der Waals surface area (Å²) in [5.41, 5.74) is 2.58. The number of methoxy groups -OCH3 is 2. The summed E-state index contributed by atoms with van der Waals surface area (Å²) in [7, 11) is 3.13. The maximum Gasteiger partial charge on any atom is 0.259 e. The second kappa shape index (κ2) is 9.34. The largest absolute Gasteiger partial charge is 0.497 e. The molecule has 0 saturated heterocycles. The van der Waals surface area contributed by atoms with Gasteiger partial charge in [-0.25, -0.2) is 4.68 Å². The van der Waals surface area contributed by atoms with Crippen molar-refractivity contribution in [1.82, 2.24) is 9.78 Å². The van der Waals surface area contributed by atoms with Crippen molar-refractivity contribution in [3.8, 4) is 28.4 Å². The van der Waals surface area contributed by atoms with Crippen molar-refractivity contribution < 1.29 is 14.3 Å². The van der Waals surface area contributed by atoms with Gasteiger partial charge in [0.25, 0.3) is 5.91 Å². The first kappa shape index (κ1) is 21.7. The molecule has 4 rings (SSSR count). The lowest BCUT2D eigenvalue weighted by atomic mass is 10.1. The summed E-state index contributed by atoms with van der Waals surface area (Å²) in [6, 6.07) is 19.7. The van der Waals surface area contributed by atoms with Crippen molar-refractivity contribution in [3.63, 3.8) is 0 Å². The molecule has 1 heterocycles. The second-order valence-electron chi connectivity index (χ2n) is 6.82. The van der Waals surface area contributed by atoms with E-state index in [4.69, 9.17) is 37.8 Å². The van der Waals surface area contributed by atoms with E-state index in [0.29, 0.717) is 44.1 Å². The lowest BCUT2D eigenvalue weighted by Crippen LogP contribution is -2.13. The van der Waals surface area contributed by atoms with Crippen LogP contribution in [-0.4, -0.2) is 29.9 Å². The number of benzene rings is 3. The van der Waals surface area contributed by atoms with Gasteiger partial charge >= 0.3 is 0 Å². The van der Waals surface area contributed by atoms with Crippen LogP contribution in [0.1, 0.15) is 10.4 Å². The lowest BCUT2D eigenvalue weighted by Gasteiger charge is -2.11. The van der Waals surface area contributed by atoms with Crippen LogP contribution in [-0.2, 0) is 0 Å². The molecule has 0 aliphatic rings. The first-order valence-electron chi connectivity index (χ1n) is 9.64. The van der Waals surface area contributed by atoms with Crippen LogP contribution in [0.3, 0.4) is 0 Å². The monoisotopic (exact) mass is 467 g/mol. The Hall–Kier alpha value is -3.48. The van der Waals surface area contributed by atoms with Gasteiger partial charge in [0, 0.05) is 16.8 Å². The first-order chi connectivity index (χ1) is 15.5. The Morgan fingerprint density at radius 1 is 0.969 bits per heavy atom. The zero-order chi connectivity index (χ0) is 22.7. The maximum absolute atomic E-state index is 13.3. The quantitative estimate of drug-likeness (QED) is 0.371. The molecule has 0 aliphatic carbocycles. The van der Waals surface area contributed by atoms with Crippen LogP contribution in [0.4, 0.5) is 5.69 Å². The van der Waals surface area contributed by atoms with Crippen LogP contribution in [0.2, 0.25) is 10.0 Å². The predicted molar refractivity (Wildman–Crippen MR) is 127 cm³/mol. The minimum atomic E-state index is -0.392. The molecule has 0 saturated carbocycles. The van der Waals surface area contributed by atoms with Gasteiger partial charge in [0.05, 0.1) is 36.2 Å². The highest BCUT2D eigenvalue weighted by Gasteiger charge is 2.22. The van der Waals surface area contributed by atoms with Crippen LogP contribution in [0.25, 0.3) is 16.9 Å². The zero-order valence-corrected chi connectivity index (χ0v) is 18.8. The molecule has 32 heavy (non-hydrogen) atoms. The van der Waals surface area contributed by atoms with Crippen molar-refractivity contribution in [2.75, 3.05) is 19.5 Å². The Balaban J connectivity index is 1.85. The Morgan fingerprint density at radius 3 is 2.47 bits per heavy atom. The third-order valence-corrected chi connectivity index (χ3v) is 5.38. The number of nitrogens with one attached hydrogen (secondary N) is 1. The van der Waals surface area contributed by atoms with Gasteiger partial charge in [0.2, 0.25) is 0 Å². The number of carbonyl (C=O) groups excluding carboxylic acids is 1. The standard InChI is InChI=1S/C24H19Cl2N3O3/c1-31-17-9-11-22(32-2)18(13-17)23-19(14-29(28-23)16-6-4-3-5-7-16)24(30)27-21-12-15(25)8-10-20(21)26/h3-14H,1-2H3,(H,27,30). The fraction of sp³-hybridized carbons (Fsp3) is 0.0833. The molecule has 1 N–H and O–H groups in total. The molecular weight excluding hydrogens is 449 g/mol. The average molecular weight is 468 g/mol. The van der Waals surface area contributed by atoms with Crippen molar-refractivity contribution in [1.29, 1.82) is 0 Å². The number of hydrogen-bond donors (Lipinski definition) is 1. The zero-order valence-electron chi connectivity index (χ0n) is 17.3. The molecule has 0 aliphatic heterocycles. The number of halogens is 2. The minimum Gasteiger partial charge on any atom is -0.497 e. The number of amides is 1. The topological polar surface area (TPSA) is 65.4 Å². The van der Waals surface area contributed by atoms with Crippen LogP contribution < -0.4 is 14.8 Å². The van der Waals surface area contributed by atoms with Crippen LogP contribution >= 0.6 is 23.2 Å². The number of para-hydroxylation sites is 1. The number of rotatable bonds is 6. The van der Waals surface area contributed by atoms with E-state index < -0.39 is 5.91 Å². The van der Waals surface area contributed by atoms with E-state index in [1.54, 1.807) is 61.5 Å². The molecule has 0 bridgehead atoms. The molecule has 4 aromatic rings. The lowest BCUT2D eigenvalue weighted by molar-refractivity contribution is 0.102. The summed E-state index contributed by atoms with van der Waals surface area (Å²) in [5, 5.41) is 8.36. The number of aromatic nitrogens is 2. The normalized spacial score (nSPS) is 10.6. The summed E-state index contributed by atoms with van der Waals surface area (Å²) in [4.78, 5) is 13.3. The molecule has 0 radical (unpaired) electrons. The highest BCUT2D eigenvalue weighted by Crippen LogP contribution is 2.35. The summed E-state index contributed by atoms with van der Waals surface area (Å²) in [5.74, 6) is 0.773. The van der Waals surface area contributed by atoms with Gasteiger partial charge in [-0.15, -0.1) is 0 Å². The second-order valence-corrected chi connectivity index (χ2v) is 7.66. The van der Waals surface area contributed by atoms with Gasteiger partial charge in [-0.05, 0) is 48.5 Å². The SMILES string of the molecule is COc1ccc(OC)c(-c2nn(-c3ccccc3)cc2C(=O)Nc2cc(Cl)ccc2Cl)c1. The van der Waals surface area contributed by atoms with Crippen molar-refractivity contribution in [2.24, 2.45) is 0 Å². The number of carbonyl (C=O) groups is 1. The molecule has 0 spiro atoms.